The zero-order chi connectivity index (χ0) is 25.8. The minimum atomic E-state index is -0.612. The quantitative estimate of drug-likeness (QED) is 0.294. The van der Waals surface area contributed by atoms with Crippen molar-refractivity contribution in [1.82, 2.24) is 14.9 Å². The highest BCUT2D eigenvalue weighted by molar-refractivity contribution is 7.98. The van der Waals surface area contributed by atoms with Crippen LogP contribution in [0.3, 0.4) is 0 Å². The van der Waals surface area contributed by atoms with Crippen molar-refractivity contribution >= 4 is 34.5 Å². The van der Waals surface area contributed by atoms with Gasteiger partial charge in [0.25, 0.3) is 11.5 Å². The van der Waals surface area contributed by atoms with Gasteiger partial charge in [0.1, 0.15) is 0 Å². The molecule has 8 nitrogen and oxygen atoms in total. The molecule has 9 heteroatoms. The average molecular weight is 504 g/mol. The van der Waals surface area contributed by atoms with Gasteiger partial charge in [-0.05, 0) is 66.8 Å². The van der Waals surface area contributed by atoms with E-state index in [-0.39, 0.29) is 11.3 Å². The van der Waals surface area contributed by atoms with E-state index in [0.717, 1.165) is 15.0 Å². The number of hydrogen-bond acceptors (Lipinski definition) is 6. The molecule has 4 aromatic rings. The number of nitrogens with zero attached hydrogens (tertiary/aromatic N) is 1. The van der Waals surface area contributed by atoms with Crippen LogP contribution in [0.15, 0.2) is 81.2 Å². The minimum Gasteiger partial charge on any atom is -0.465 e. The van der Waals surface area contributed by atoms with Gasteiger partial charge in [0.2, 0.25) is 0 Å². The van der Waals surface area contributed by atoms with Crippen LogP contribution in [0.5, 0.6) is 0 Å². The Morgan fingerprint density at radius 1 is 1.00 bits per heavy atom. The zero-order valence-corrected chi connectivity index (χ0v) is 20.8. The van der Waals surface area contributed by atoms with E-state index in [1.54, 1.807) is 55.1 Å². The van der Waals surface area contributed by atoms with E-state index in [9.17, 15) is 19.2 Å². The number of aromatic amines is 1. The Labute approximate surface area is 211 Å². The fourth-order valence-corrected chi connectivity index (χ4v) is 4.32. The van der Waals surface area contributed by atoms with Gasteiger partial charge in [-0.25, -0.2) is 9.59 Å². The van der Waals surface area contributed by atoms with E-state index in [1.807, 2.05) is 30.5 Å². The van der Waals surface area contributed by atoms with Gasteiger partial charge in [-0.2, -0.15) is 0 Å². The van der Waals surface area contributed by atoms with E-state index in [2.05, 4.69) is 10.3 Å². The Hall–Kier alpha value is -4.11. The maximum Gasteiger partial charge on any atom is 0.337 e. The van der Waals surface area contributed by atoms with Gasteiger partial charge in [-0.15, -0.1) is 11.8 Å². The largest absolute Gasteiger partial charge is 0.465 e. The smallest absolute Gasteiger partial charge is 0.337 e. The molecule has 0 aliphatic rings. The lowest BCUT2D eigenvalue weighted by Gasteiger charge is -2.16. The van der Waals surface area contributed by atoms with E-state index in [4.69, 9.17) is 4.74 Å². The molecule has 4 rings (SSSR count). The number of carbonyl (C=O) groups is 2. The molecule has 2 N–H and O–H groups in total. The monoisotopic (exact) mass is 503 g/mol. The van der Waals surface area contributed by atoms with Crippen molar-refractivity contribution in [2.45, 2.75) is 24.4 Å². The molecule has 1 unspecified atom stereocenters. The van der Waals surface area contributed by atoms with Gasteiger partial charge in [0, 0.05) is 17.0 Å². The Morgan fingerprint density at radius 3 is 2.31 bits per heavy atom. The lowest BCUT2D eigenvalue weighted by Crippen LogP contribution is -2.37. The first kappa shape index (κ1) is 25.0. The van der Waals surface area contributed by atoms with Gasteiger partial charge in [-0.3, -0.25) is 14.2 Å². The summed E-state index contributed by atoms with van der Waals surface area (Å²) >= 11 is 1.64. The summed E-state index contributed by atoms with van der Waals surface area (Å²) in [6, 6.07) is 18.4. The van der Waals surface area contributed by atoms with Gasteiger partial charge in [0.15, 0.2) is 0 Å². The molecular formula is C27H25N3O5S. The van der Waals surface area contributed by atoms with Crippen LogP contribution in [0, 0.1) is 0 Å². The van der Waals surface area contributed by atoms with Crippen LogP contribution in [0.4, 0.5) is 0 Å². The molecule has 1 atom stereocenters. The fraction of sp³-hybridized carbons (Fsp3) is 0.185. The average Bonchev–Trinajstić information content (AvgIpc) is 2.91. The molecule has 0 radical (unpaired) electrons. The van der Waals surface area contributed by atoms with Gasteiger partial charge in [-0.1, -0.05) is 24.3 Å². The van der Waals surface area contributed by atoms with Crippen molar-refractivity contribution in [3.8, 4) is 0 Å². The molecule has 0 saturated carbocycles. The van der Waals surface area contributed by atoms with E-state index < -0.39 is 23.3 Å². The first-order valence-corrected chi connectivity index (χ1v) is 12.4. The number of methoxy groups -OCH3 is 1. The molecule has 1 aromatic heterocycles. The Balaban J connectivity index is 1.61. The topological polar surface area (TPSA) is 110 Å². The van der Waals surface area contributed by atoms with Crippen LogP contribution in [0.2, 0.25) is 0 Å². The fourth-order valence-electron chi connectivity index (χ4n) is 3.91. The predicted molar refractivity (Wildman–Crippen MR) is 140 cm³/mol. The third-order valence-electron chi connectivity index (χ3n) is 6.00. The van der Waals surface area contributed by atoms with E-state index in [0.29, 0.717) is 28.8 Å². The number of amides is 1. The predicted octanol–water partition coefficient (Wildman–Crippen LogP) is 3.74. The van der Waals surface area contributed by atoms with Crippen LogP contribution >= 0.6 is 11.8 Å². The highest BCUT2D eigenvalue weighted by atomic mass is 32.2. The highest BCUT2D eigenvalue weighted by Crippen LogP contribution is 2.18. The summed E-state index contributed by atoms with van der Waals surface area (Å²) in [5.41, 5.74) is 1.57. The lowest BCUT2D eigenvalue weighted by molar-refractivity contribution is 0.0600. The van der Waals surface area contributed by atoms with Gasteiger partial charge < -0.3 is 15.0 Å². The summed E-state index contributed by atoms with van der Waals surface area (Å²) in [6.07, 6.45) is 2.00. The van der Waals surface area contributed by atoms with Crippen LogP contribution in [-0.4, -0.2) is 34.8 Å². The molecule has 0 bridgehead atoms. The standard InChI is InChI=1S/C27H25N3O5S/c1-16(18-6-8-19(9-7-18)26(33)35-2)30-25(32)22-14-20(10-13-23(22)29-27(30)34)24(31)28-15-17-4-11-21(36-3)12-5-17/h4-14,16H,15H2,1-3H3,(H,28,31)(H,29,34). The second-order valence-corrected chi connectivity index (χ2v) is 9.07. The summed E-state index contributed by atoms with van der Waals surface area (Å²) in [6.45, 7) is 2.06. The summed E-state index contributed by atoms with van der Waals surface area (Å²) < 4.78 is 5.81. The lowest BCUT2D eigenvalue weighted by atomic mass is 10.1. The van der Waals surface area contributed by atoms with Crippen molar-refractivity contribution in [2.75, 3.05) is 13.4 Å². The molecule has 0 saturated heterocycles. The number of benzene rings is 3. The Kier molecular flexibility index (Phi) is 7.40. The zero-order valence-electron chi connectivity index (χ0n) is 20.0. The summed E-state index contributed by atoms with van der Waals surface area (Å²) in [5, 5.41) is 3.09. The number of carbonyl (C=O) groups excluding carboxylic acids is 2. The number of esters is 1. The van der Waals surface area contributed by atoms with Crippen molar-refractivity contribution < 1.29 is 14.3 Å². The van der Waals surface area contributed by atoms with Crippen LogP contribution in [-0.2, 0) is 11.3 Å². The highest BCUT2D eigenvalue weighted by Gasteiger charge is 2.17. The maximum absolute atomic E-state index is 13.3. The molecule has 0 aliphatic carbocycles. The molecule has 1 amide bonds. The SMILES string of the molecule is COC(=O)c1ccc(C(C)n2c(=O)[nH]c3ccc(C(=O)NCc4ccc(SC)cc4)cc3c2=O)cc1. The Bertz CT molecular complexity index is 1540. The number of nitrogens with one attached hydrogen (secondary N) is 2. The number of aromatic nitrogens is 2. The van der Waals surface area contributed by atoms with Gasteiger partial charge in [0.05, 0.1) is 29.6 Å². The second kappa shape index (κ2) is 10.7. The summed E-state index contributed by atoms with van der Waals surface area (Å²) in [5.74, 6) is -0.799. The van der Waals surface area contributed by atoms with Crippen molar-refractivity contribution in [3.05, 3.63) is 110 Å². The molecule has 0 aliphatic heterocycles. The van der Waals surface area contributed by atoms with Crippen molar-refractivity contribution in [1.29, 1.82) is 0 Å². The molecule has 1 heterocycles. The van der Waals surface area contributed by atoms with Crippen LogP contribution in [0.25, 0.3) is 10.9 Å². The molecule has 184 valence electrons. The molecular weight excluding hydrogens is 478 g/mol. The molecule has 0 fully saturated rings. The number of fused-ring (bicyclic) bond motifs is 1. The number of rotatable bonds is 7. The number of ether oxygens (including phenoxy) is 1. The maximum atomic E-state index is 13.3. The third kappa shape index (κ3) is 5.11. The molecule has 0 spiro atoms. The second-order valence-electron chi connectivity index (χ2n) is 8.19. The number of hydrogen-bond donors (Lipinski definition) is 2. The van der Waals surface area contributed by atoms with Crippen molar-refractivity contribution in [3.63, 3.8) is 0 Å². The first-order chi connectivity index (χ1) is 17.3. The van der Waals surface area contributed by atoms with Gasteiger partial charge >= 0.3 is 11.7 Å². The van der Waals surface area contributed by atoms with E-state index in [1.165, 1.54) is 13.2 Å². The Morgan fingerprint density at radius 2 is 1.67 bits per heavy atom. The minimum absolute atomic E-state index is 0.226. The first-order valence-electron chi connectivity index (χ1n) is 11.2. The summed E-state index contributed by atoms with van der Waals surface area (Å²) in [4.78, 5) is 54.4. The van der Waals surface area contributed by atoms with E-state index >= 15 is 0 Å². The third-order valence-corrected chi connectivity index (χ3v) is 6.75. The summed E-state index contributed by atoms with van der Waals surface area (Å²) in [7, 11) is 1.30. The number of H-pyrrole nitrogens is 1. The number of thioether (sulfide) groups is 1. The molecule has 3 aromatic carbocycles. The van der Waals surface area contributed by atoms with Crippen LogP contribution in [0.1, 0.15) is 44.8 Å². The van der Waals surface area contributed by atoms with Crippen molar-refractivity contribution in [2.24, 2.45) is 0 Å². The molecule has 36 heavy (non-hydrogen) atoms. The van der Waals surface area contributed by atoms with Crippen LogP contribution < -0.4 is 16.6 Å². The normalized spacial score (nSPS) is 11.8.